The van der Waals surface area contributed by atoms with E-state index in [-0.39, 0.29) is 36.3 Å². The normalized spacial score (nSPS) is 17.1. The first-order valence-electron chi connectivity index (χ1n) is 10.0. The topological polar surface area (TPSA) is 90.5 Å². The van der Waals surface area contributed by atoms with Gasteiger partial charge in [0.05, 0.1) is 12.5 Å². The van der Waals surface area contributed by atoms with Crippen LogP contribution in [0.1, 0.15) is 43.4 Å². The second kappa shape index (κ2) is 8.41. The number of urea groups is 1. The number of hydrogen-bond acceptors (Lipinski definition) is 3. The molecular formula is C23H24N4O3. The van der Waals surface area contributed by atoms with Gasteiger partial charge in [0.1, 0.15) is 0 Å². The molecule has 4 amide bonds. The van der Waals surface area contributed by atoms with Gasteiger partial charge in [-0.15, -0.1) is 0 Å². The van der Waals surface area contributed by atoms with Crippen LogP contribution in [0.15, 0.2) is 54.7 Å². The van der Waals surface area contributed by atoms with Gasteiger partial charge in [0.2, 0.25) is 11.8 Å². The molecule has 2 aromatic carbocycles. The number of carbonyl (C=O) groups excluding carboxylic acids is 3. The summed E-state index contributed by atoms with van der Waals surface area (Å²) in [6, 6.07) is 14.4. The van der Waals surface area contributed by atoms with E-state index in [0.717, 1.165) is 24.0 Å². The molecule has 0 radical (unpaired) electrons. The summed E-state index contributed by atoms with van der Waals surface area (Å²) in [5.41, 5.74) is 3.12. The van der Waals surface area contributed by atoms with Crippen LogP contribution in [0.4, 0.5) is 16.2 Å². The SMILES string of the molecule is CC(=O)N1C=Cc2ccccc2C1CC(=O)Nc1cccc(NC(=O)NC2CC2)c1. The highest BCUT2D eigenvalue weighted by molar-refractivity contribution is 5.94. The van der Waals surface area contributed by atoms with Crippen LogP contribution in [-0.4, -0.2) is 28.8 Å². The van der Waals surface area contributed by atoms with Crippen molar-refractivity contribution in [2.24, 2.45) is 0 Å². The maximum atomic E-state index is 12.8. The Morgan fingerprint density at radius 3 is 2.47 bits per heavy atom. The summed E-state index contributed by atoms with van der Waals surface area (Å²) in [6.45, 7) is 1.49. The van der Waals surface area contributed by atoms with Crippen LogP contribution in [0.5, 0.6) is 0 Å². The number of fused-ring (bicyclic) bond motifs is 1. The molecule has 0 spiro atoms. The Bertz CT molecular complexity index is 1010. The lowest BCUT2D eigenvalue weighted by Gasteiger charge is -2.32. The average Bonchev–Trinajstić information content (AvgIpc) is 3.52. The van der Waals surface area contributed by atoms with Crippen LogP contribution in [0.3, 0.4) is 0 Å². The van der Waals surface area contributed by atoms with Crippen molar-refractivity contribution in [3.8, 4) is 0 Å². The zero-order chi connectivity index (χ0) is 21.1. The summed E-state index contributed by atoms with van der Waals surface area (Å²) >= 11 is 0. The Balaban J connectivity index is 1.43. The lowest BCUT2D eigenvalue weighted by atomic mass is 9.93. The molecular weight excluding hydrogens is 380 g/mol. The highest BCUT2D eigenvalue weighted by Crippen LogP contribution is 2.33. The van der Waals surface area contributed by atoms with Gasteiger partial charge < -0.3 is 20.9 Å². The largest absolute Gasteiger partial charge is 0.335 e. The summed E-state index contributed by atoms with van der Waals surface area (Å²) in [4.78, 5) is 38.4. The summed E-state index contributed by atoms with van der Waals surface area (Å²) in [7, 11) is 0. The molecule has 1 aliphatic carbocycles. The van der Waals surface area contributed by atoms with Crippen molar-refractivity contribution in [3.05, 3.63) is 65.9 Å². The minimum absolute atomic E-state index is 0.119. The van der Waals surface area contributed by atoms with Gasteiger partial charge in [-0.25, -0.2) is 4.79 Å². The van der Waals surface area contributed by atoms with Crippen molar-refractivity contribution in [3.63, 3.8) is 0 Å². The first-order chi connectivity index (χ1) is 14.5. The fourth-order valence-electron chi connectivity index (χ4n) is 3.56. The molecule has 2 aromatic rings. The first kappa shape index (κ1) is 19.7. The van der Waals surface area contributed by atoms with Crippen molar-refractivity contribution in [1.29, 1.82) is 0 Å². The molecule has 1 saturated carbocycles. The van der Waals surface area contributed by atoms with Crippen LogP contribution >= 0.6 is 0 Å². The van der Waals surface area contributed by atoms with Gasteiger partial charge in [0, 0.05) is 30.5 Å². The molecule has 1 heterocycles. The van der Waals surface area contributed by atoms with E-state index in [9.17, 15) is 14.4 Å². The Hall–Kier alpha value is -3.61. The number of benzene rings is 2. The molecule has 0 bridgehead atoms. The monoisotopic (exact) mass is 404 g/mol. The molecule has 4 rings (SSSR count). The van der Waals surface area contributed by atoms with Gasteiger partial charge in [0.25, 0.3) is 0 Å². The third-order valence-corrected chi connectivity index (χ3v) is 5.16. The average molecular weight is 404 g/mol. The smallest absolute Gasteiger partial charge is 0.319 e. The standard InChI is InChI=1S/C23H24N4O3/c1-15(28)27-12-11-16-5-2-3-8-20(16)21(27)14-22(29)24-18-6-4-7-19(13-18)26-23(30)25-17-9-10-17/h2-8,11-13,17,21H,9-10,14H2,1H3,(H,24,29)(H2,25,26,30). The molecule has 1 fully saturated rings. The van der Waals surface area contributed by atoms with Gasteiger partial charge in [-0.05, 0) is 48.2 Å². The molecule has 1 unspecified atom stereocenters. The maximum absolute atomic E-state index is 12.8. The third kappa shape index (κ3) is 4.68. The highest BCUT2D eigenvalue weighted by Gasteiger charge is 2.28. The second-order valence-electron chi connectivity index (χ2n) is 7.59. The lowest BCUT2D eigenvalue weighted by Crippen LogP contribution is -2.33. The first-order valence-corrected chi connectivity index (χ1v) is 10.0. The van der Waals surface area contributed by atoms with E-state index < -0.39 is 0 Å². The van der Waals surface area contributed by atoms with Gasteiger partial charge in [-0.1, -0.05) is 30.3 Å². The maximum Gasteiger partial charge on any atom is 0.319 e. The van der Waals surface area contributed by atoms with Crippen molar-refractivity contribution in [2.75, 3.05) is 10.6 Å². The molecule has 3 N–H and O–H groups in total. The number of nitrogens with zero attached hydrogens (tertiary/aromatic N) is 1. The Labute approximate surface area is 175 Å². The van der Waals surface area contributed by atoms with E-state index in [4.69, 9.17) is 0 Å². The van der Waals surface area contributed by atoms with Crippen LogP contribution in [0.2, 0.25) is 0 Å². The van der Waals surface area contributed by atoms with E-state index in [2.05, 4.69) is 16.0 Å². The fourth-order valence-corrected chi connectivity index (χ4v) is 3.56. The zero-order valence-corrected chi connectivity index (χ0v) is 16.7. The molecule has 0 aromatic heterocycles. The van der Waals surface area contributed by atoms with E-state index in [0.29, 0.717) is 11.4 Å². The minimum Gasteiger partial charge on any atom is -0.335 e. The highest BCUT2D eigenvalue weighted by atomic mass is 16.2. The number of carbonyl (C=O) groups is 3. The van der Waals surface area contributed by atoms with Crippen LogP contribution in [-0.2, 0) is 9.59 Å². The molecule has 1 atom stereocenters. The number of hydrogen-bond donors (Lipinski definition) is 3. The fraction of sp³-hybridized carbons (Fsp3) is 0.261. The number of anilines is 2. The van der Waals surface area contributed by atoms with E-state index in [1.807, 2.05) is 30.3 Å². The lowest BCUT2D eigenvalue weighted by molar-refractivity contribution is -0.129. The quantitative estimate of drug-likeness (QED) is 0.706. The van der Waals surface area contributed by atoms with Gasteiger partial charge in [-0.3, -0.25) is 9.59 Å². The Morgan fingerprint density at radius 1 is 1.00 bits per heavy atom. The van der Waals surface area contributed by atoms with Gasteiger partial charge in [-0.2, -0.15) is 0 Å². The molecule has 7 nitrogen and oxygen atoms in total. The van der Waals surface area contributed by atoms with Crippen molar-refractivity contribution in [1.82, 2.24) is 10.2 Å². The molecule has 2 aliphatic rings. The van der Waals surface area contributed by atoms with Crippen molar-refractivity contribution < 1.29 is 14.4 Å². The van der Waals surface area contributed by atoms with Gasteiger partial charge in [0.15, 0.2) is 0 Å². The minimum atomic E-state index is -0.366. The van der Waals surface area contributed by atoms with Crippen LogP contribution < -0.4 is 16.0 Å². The molecule has 7 heteroatoms. The number of rotatable bonds is 5. The number of amides is 4. The third-order valence-electron chi connectivity index (χ3n) is 5.16. The van der Waals surface area contributed by atoms with E-state index >= 15 is 0 Å². The zero-order valence-electron chi connectivity index (χ0n) is 16.7. The summed E-state index contributed by atoms with van der Waals surface area (Å²) in [5.74, 6) is -0.331. The Morgan fingerprint density at radius 2 is 1.73 bits per heavy atom. The van der Waals surface area contributed by atoms with Crippen LogP contribution in [0, 0.1) is 0 Å². The molecule has 1 aliphatic heterocycles. The molecule has 0 saturated heterocycles. The summed E-state index contributed by atoms with van der Waals surface area (Å²) in [6.07, 6.45) is 5.76. The van der Waals surface area contributed by atoms with Crippen molar-refractivity contribution in [2.45, 2.75) is 38.3 Å². The second-order valence-corrected chi connectivity index (χ2v) is 7.59. The predicted octanol–water partition coefficient (Wildman–Crippen LogP) is 3.87. The van der Waals surface area contributed by atoms with Crippen molar-refractivity contribution >= 4 is 35.3 Å². The Kier molecular flexibility index (Phi) is 5.52. The summed E-state index contributed by atoms with van der Waals surface area (Å²) in [5, 5.41) is 8.51. The molecule has 154 valence electrons. The molecule has 30 heavy (non-hydrogen) atoms. The van der Waals surface area contributed by atoms with Crippen LogP contribution in [0.25, 0.3) is 6.08 Å². The summed E-state index contributed by atoms with van der Waals surface area (Å²) < 4.78 is 0. The van der Waals surface area contributed by atoms with Gasteiger partial charge >= 0.3 is 6.03 Å². The number of nitrogens with one attached hydrogen (secondary N) is 3. The van der Waals surface area contributed by atoms with E-state index in [1.165, 1.54) is 6.92 Å². The van der Waals surface area contributed by atoms with E-state index in [1.54, 1.807) is 35.4 Å². The predicted molar refractivity (Wildman–Crippen MR) is 116 cm³/mol.